The van der Waals surface area contributed by atoms with Crippen LogP contribution < -0.4 is 0 Å². The second-order valence-electron chi connectivity index (χ2n) is 3.14. The number of esters is 2. The summed E-state index contributed by atoms with van der Waals surface area (Å²) in [5, 5.41) is 8.93. The molecule has 0 spiro atoms. The number of ether oxygens (including phenoxy) is 3. The Bertz CT molecular complexity index is 227. The summed E-state index contributed by atoms with van der Waals surface area (Å²) in [5.74, 6) is -0.977. The van der Waals surface area contributed by atoms with Crippen molar-refractivity contribution < 1.29 is 28.9 Å². The van der Waals surface area contributed by atoms with Gasteiger partial charge in [0.05, 0.1) is 13.2 Å². The van der Waals surface area contributed by atoms with Crippen LogP contribution >= 0.6 is 0 Å². The molecular formula is C10H18O6. The molecule has 0 radical (unpaired) electrons. The Balaban J connectivity index is 4.00. The second-order valence-corrected chi connectivity index (χ2v) is 3.14. The third-order valence-corrected chi connectivity index (χ3v) is 1.69. The van der Waals surface area contributed by atoms with Crippen LogP contribution in [0.25, 0.3) is 0 Å². The highest BCUT2D eigenvalue weighted by atomic mass is 16.6. The fourth-order valence-electron chi connectivity index (χ4n) is 0.949. The minimum Gasteiger partial charge on any atom is -0.464 e. The van der Waals surface area contributed by atoms with Gasteiger partial charge in [-0.1, -0.05) is 0 Å². The van der Waals surface area contributed by atoms with Crippen LogP contribution in [0.1, 0.15) is 20.8 Å². The predicted molar refractivity (Wildman–Crippen MR) is 54.7 cm³/mol. The lowest BCUT2D eigenvalue weighted by molar-refractivity contribution is -0.165. The average Bonchev–Trinajstić information content (AvgIpc) is 2.23. The van der Waals surface area contributed by atoms with E-state index < -0.39 is 24.1 Å². The van der Waals surface area contributed by atoms with Gasteiger partial charge in [0.1, 0.15) is 12.7 Å². The largest absolute Gasteiger partial charge is 0.464 e. The van der Waals surface area contributed by atoms with Crippen LogP contribution in [-0.4, -0.2) is 49.1 Å². The molecule has 0 aromatic rings. The lowest BCUT2D eigenvalue weighted by Gasteiger charge is -2.19. The molecule has 94 valence electrons. The van der Waals surface area contributed by atoms with E-state index in [-0.39, 0.29) is 19.8 Å². The van der Waals surface area contributed by atoms with Gasteiger partial charge in [-0.2, -0.15) is 0 Å². The van der Waals surface area contributed by atoms with E-state index in [0.717, 1.165) is 0 Å². The molecule has 16 heavy (non-hydrogen) atoms. The van der Waals surface area contributed by atoms with Crippen LogP contribution in [0.15, 0.2) is 0 Å². The Morgan fingerprint density at radius 1 is 1.31 bits per heavy atom. The van der Waals surface area contributed by atoms with E-state index in [1.165, 1.54) is 13.8 Å². The maximum absolute atomic E-state index is 11.2. The Morgan fingerprint density at radius 3 is 2.38 bits per heavy atom. The van der Waals surface area contributed by atoms with Crippen LogP contribution in [0.5, 0.6) is 0 Å². The molecule has 0 amide bonds. The molecule has 0 rings (SSSR count). The van der Waals surface area contributed by atoms with Gasteiger partial charge in [0, 0.05) is 6.92 Å². The van der Waals surface area contributed by atoms with Gasteiger partial charge < -0.3 is 19.3 Å². The molecule has 0 aliphatic heterocycles. The molecule has 0 fully saturated rings. The molecule has 0 aliphatic rings. The standard InChI is InChI=1S/C10H18O6/c1-4-14-10(13)7(2)16-9(5-11)6-15-8(3)12/h7,9,11H,4-6H2,1-3H3. The predicted octanol–water partition coefficient (Wildman–Crippen LogP) is -0.121. The molecule has 0 saturated carbocycles. The van der Waals surface area contributed by atoms with Crippen LogP contribution in [0.4, 0.5) is 0 Å². The molecule has 6 nitrogen and oxygen atoms in total. The molecule has 0 bridgehead atoms. The Kier molecular flexibility index (Phi) is 7.49. The first-order valence-electron chi connectivity index (χ1n) is 5.07. The van der Waals surface area contributed by atoms with Crippen molar-refractivity contribution in [2.24, 2.45) is 0 Å². The summed E-state index contributed by atoms with van der Waals surface area (Å²) < 4.78 is 14.5. The van der Waals surface area contributed by atoms with E-state index in [2.05, 4.69) is 4.74 Å². The molecule has 6 heteroatoms. The molecule has 0 heterocycles. The zero-order valence-electron chi connectivity index (χ0n) is 9.76. The van der Waals surface area contributed by atoms with Gasteiger partial charge >= 0.3 is 11.9 Å². The molecule has 0 aliphatic carbocycles. The average molecular weight is 234 g/mol. The molecule has 0 aromatic heterocycles. The zero-order chi connectivity index (χ0) is 12.6. The van der Waals surface area contributed by atoms with E-state index in [4.69, 9.17) is 14.6 Å². The maximum Gasteiger partial charge on any atom is 0.334 e. The first-order valence-corrected chi connectivity index (χ1v) is 5.07. The molecular weight excluding hydrogens is 216 g/mol. The summed E-state index contributed by atoms with van der Waals surface area (Å²) in [6.07, 6.45) is -1.52. The van der Waals surface area contributed by atoms with E-state index in [0.29, 0.717) is 0 Å². The Labute approximate surface area is 94.5 Å². The fraction of sp³-hybridized carbons (Fsp3) is 0.800. The lowest BCUT2D eigenvalue weighted by Crippen LogP contribution is -2.33. The zero-order valence-corrected chi connectivity index (χ0v) is 9.76. The molecule has 1 N–H and O–H groups in total. The number of carbonyl (C=O) groups is 2. The Morgan fingerprint density at radius 2 is 1.94 bits per heavy atom. The van der Waals surface area contributed by atoms with Gasteiger partial charge in [0.15, 0.2) is 6.10 Å². The van der Waals surface area contributed by atoms with Crippen LogP contribution in [0.2, 0.25) is 0 Å². The third kappa shape index (κ3) is 6.36. The van der Waals surface area contributed by atoms with E-state index >= 15 is 0 Å². The molecule has 2 unspecified atom stereocenters. The lowest BCUT2D eigenvalue weighted by atomic mass is 10.3. The van der Waals surface area contributed by atoms with Crippen molar-refractivity contribution in [3.8, 4) is 0 Å². The summed E-state index contributed by atoms with van der Waals surface area (Å²) in [4.78, 5) is 21.7. The smallest absolute Gasteiger partial charge is 0.334 e. The highest BCUT2D eigenvalue weighted by Gasteiger charge is 2.20. The SMILES string of the molecule is CCOC(=O)C(C)OC(CO)COC(C)=O. The van der Waals surface area contributed by atoms with Crippen molar-refractivity contribution in [1.82, 2.24) is 0 Å². The van der Waals surface area contributed by atoms with Crippen LogP contribution in [0, 0.1) is 0 Å². The Hall–Kier alpha value is -1.14. The third-order valence-electron chi connectivity index (χ3n) is 1.69. The van der Waals surface area contributed by atoms with E-state index in [1.807, 2.05) is 0 Å². The normalized spacial score (nSPS) is 14.0. The van der Waals surface area contributed by atoms with Crippen LogP contribution in [0.3, 0.4) is 0 Å². The number of hydrogen-bond acceptors (Lipinski definition) is 6. The maximum atomic E-state index is 11.2. The van der Waals surface area contributed by atoms with Gasteiger partial charge in [-0.25, -0.2) is 4.79 Å². The van der Waals surface area contributed by atoms with Gasteiger partial charge in [-0.3, -0.25) is 4.79 Å². The molecule has 0 saturated heterocycles. The van der Waals surface area contributed by atoms with E-state index in [1.54, 1.807) is 6.92 Å². The summed E-state index contributed by atoms with van der Waals surface area (Å²) in [6.45, 7) is 4.29. The minimum atomic E-state index is -0.798. The van der Waals surface area contributed by atoms with E-state index in [9.17, 15) is 9.59 Å². The van der Waals surface area contributed by atoms with Gasteiger partial charge in [-0.15, -0.1) is 0 Å². The number of hydrogen-bond donors (Lipinski definition) is 1. The fourth-order valence-corrected chi connectivity index (χ4v) is 0.949. The van der Waals surface area contributed by atoms with Crippen molar-refractivity contribution in [3.05, 3.63) is 0 Å². The number of carbonyl (C=O) groups excluding carboxylic acids is 2. The molecule has 0 aromatic carbocycles. The second kappa shape index (κ2) is 8.06. The van der Waals surface area contributed by atoms with Crippen molar-refractivity contribution in [2.75, 3.05) is 19.8 Å². The van der Waals surface area contributed by atoms with Crippen LogP contribution in [-0.2, 0) is 23.8 Å². The van der Waals surface area contributed by atoms with Gasteiger partial charge in [-0.05, 0) is 13.8 Å². The quantitative estimate of drug-likeness (QED) is 0.618. The summed E-state index contributed by atoms with van der Waals surface area (Å²) in [5.41, 5.74) is 0. The van der Waals surface area contributed by atoms with Gasteiger partial charge in [0.2, 0.25) is 0 Å². The minimum absolute atomic E-state index is 0.0877. The first kappa shape index (κ1) is 14.9. The topological polar surface area (TPSA) is 82.1 Å². The van der Waals surface area contributed by atoms with Crippen molar-refractivity contribution in [3.63, 3.8) is 0 Å². The first-order chi connectivity index (χ1) is 7.51. The van der Waals surface area contributed by atoms with Crippen molar-refractivity contribution in [2.45, 2.75) is 33.0 Å². The number of rotatable bonds is 7. The highest BCUT2D eigenvalue weighted by molar-refractivity contribution is 5.74. The summed E-state index contributed by atoms with van der Waals surface area (Å²) >= 11 is 0. The van der Waals surface area contributed by atoms with Gasteiger partial charge in [0.25, 0.3) is 0 Å². The highest BCUT2D eigenvalue weighted by Crippen LogP contribution is 2.01. The van der Waals surface area contributed by atoms with Crippen molar-refractivity contribution in [1.29, 1.82) is 0 Å². The summed E-state index contributed by atoms with van der Waals surface area (Å²) in [7, 11) is 0. The van der Waals surface area contributed by atoms with Crippen molar-refractivity contribution >= 4 is 11.9 Å². The summed E-state index contributed by atoms with van der Waals surface area (Å²) in [6, 6.07) is 0. The molecule has 2 atom stereocenters. The number of aliphatic hydroxyl groups is 1. The number of aliphatic hydroxyl groups excluding tert-OH is 1. The monoisotopic (exact) mass is 234 g/mol.